The Hall–Kier alpha value is -4.20. The number of amides is 1. The number of hydrogen-bond acceptors (Lipinski definition) is 7. The Bertz CT molecular complexity index is 1320. The highest BCUT2D eigenvalue weighted by Crippen LogP contribution is 2.52. The van der Waals surface area contributed by atoms with Crippen molar-refractivity contribution in [3.05, 3.63) is 77.0 Å². The fourth-order valence-electron chi connectivity index (χ4n) is 5.19. The summed E-state index contributed by atoms with van der Waals surface area (Å²) in [4.78, 5) is 22.4. The Morgan fingerprint density at radius 1 is 1.14 bits per heavy atom. The highest BCUT2D eigenvalue weighted by Gasteiger charge is 2.58. The summed E-state index contributed by atoms with van der Waals surface area (Å²) in [6.45, 7) is 3.65. The van der Waals surface area contributed by atoms with E-state index in [9.17, 15) is 4.79 Å². The molecule has 178 valence electrons. The van der Waals surface area contributed by atoms with Crippen LogP contribution in [0.5, 0.6) is 0 Å². The lowest BCUT2D eigenvalue weighted by Crippen LogP contribution is -2.28. The summed E-state index contributed by atoms with van der Waals surface area (Å²) in [5, 5.41) is 12.5. The van der Waals surface area contributed by atoms with Crippen molar-refractivity contribution in [3.63, 3.8) is 0 Å². The number of benzene rings is 2. The molecule has 1 aromatic heterocycles. The number of nitrogens with two attached hydrogens (primary N) is 2. The lowest BCUT2D eigenvalue weighted by molar-refractivity contribution is -0.119. The molecule has 1 saturated heterocycles. The molecule has 2 heterocycles. The third kappa shape index (κ3) is 4.12. The number of aryl methyl sites for hydroxylation is 1. The monoisotopic (exact) mass is 467 g/mol. The molecule has 6 N–H and O–H groups in total. The minimum absolute atomic E-state index is 0.0334. The Kier molecular flexibility index (Phi) is 5.72. The zero-order valence-electron chi connectivity index (χ0n) is 19.8. The number of piperidine rings is 1. The van der Waals surface area contributed by atoms with E-state index in [4.69, 9.17) is 16.9 Å². The van der Waals surface area contributed by atoms with Gasteiger partial charge in [0.25, 0.3) is 0 Å². The number of carbonyl (C=O) groups excluding carboxylic acids is 1. The first kappa shape index (κ1) is 22.6. The lowest BCUT2D eigenvalue weighted by Gasteiger charge is -2.21. The summed E-state index contributed by atoms with van der Waals surface area (Å²) in [6, 6.07) is 15.4. The summed E-state index contributed by atoms with van der Waals surface area (Å²) in [5.74, 6) is 1.47. The normalized spacial score (nSPS) is 20.6. The predicted octanol–water partition coefficient (Wildman–Crippen LogP) is 3.35. The number of aliphatic imine (C=N–C) groups is 1. The Balaban J connectivity index is 1.37. The number of pyridine rings is 1. The van der Waals surface area contributed by atoms with Gasteiger partial charge in [0.1, 0.15) is 5.82 Å². The summed E-state index contributed by atoms with van der Waals surface area (Å²) < 4.78 is 0. The van der Waals surface area contributed by atoms with Gasteiger partial charge in [0, 0.05) is 54.6 Å². The number of nitrogens with zero attached hydrogens (tertiary/aromatic N) is 3. The van der Waals surface area contributed by atoms with Crippen LogP contribution in [0.25, 0.3) is 0 Å². The van der Waals surface area contributed by atoms with Crippen molar-refractivity contribution in [2.24, 2.45) is 28.5 Å². The molecule has 2 aliphatic rings. The van der Waals surface area contributed by atoms with Gasteiger partial charge in [-0.25, -0.2) is 4.98 Å². The first-order chi connectivity index (χ1) is 16.9. The smallest absolute Gasteiger partial charge is 0.221 e. The van der Waals surface area contributed by atoms with Crippen molar-refractivity contribution in [1.82, 2.24) is 4.98 Å². The SMILES string of the molecule is CN=Cc1c(N)cccc1C(=N)c1cccc(C)c1Nc1ccc(N2CC3C(C2)C3C(N)=O)nc1. The van der Waals surface area contributed by atoms with Crippen LogP contribution in [-0.2, 0) is 4.79 Å². The van der Waals surface area contributed by atoms with Gasteiger partial charge in [-0.05, 0) is 42.5 Å². The Morgan fingerprint density at radius 3 is 2.51 bits per heavy atom. The number of rotatable bonds is 7. The number of aromatic nitrogens is 1. The first-order valence-corrected chi connectivity index (χ1v) is 11.7. The molecular formula is C27H29N7O. The number of hydrogen-bond donors (Lipinski definition) is 4. The number of nitrogen functional groups attached to an aromatic ring is 1. The number of anilines is 4. The van der Waals surface area contributed by atoms with Crippen LogP contribution in [0.3, 0.4) is 0 Å². The van der Waals surface area contributed by atoms with Crippen LogP contribution in [0.1, 0.15) is 22.3 Å². The van der Waals surface area contributed by atoms with Crippen molar-refractivity contribution >= 4 is 40.7 Å². The fraction of sp³-hybridized carbons (Fsp3) is 0.259. The van der Waals surface area contributed by atoms with E-state index < -0.39 is 0 Å². The second-order valence-electron chi connectivity index (χ2n) is 9.26. The molecule has 2 atom stereocenters. The summed E-state index contributed by atoms with van der Waals surface area (Å²) in [5.41, 5.74) is 17.5. The summed E-state index contributed by atoms with van der Waals surface area (Å²) in [7, 11) is 1.69. The summed E-state index contributed by atoms with van der Waals surface area (Å²) >= 11 is 0. The van der Waals surface area contributed by atoms with E-state index in [0.717, 1.165) is 52.5 Å². The molecule has 8 nitrogen and oxygen atoms in total. The molecule has 1 saturated carbocycles. The molecule has 2 aromatic carbocycles. The molecular weight excluding hydrogens is 438 g/mol. The molecule has 2 fully saturated rings. The molecule has 5 rings (SSSR count). The van der Waals surface area contributed by atoms with Crippen LogP contribution in [-0.4, -0.2) is 43.0 Å². The minimum Gasteiger partial charge on any atom is -0.398 e. The van der Waals surface area contributed by atoms with Crippen molar-refractivity contribution < 1.29 is 4.79 Å². The highest BCUT2D eigenvalue weighted by atomic mass is 16.1. The van der Waals surface area contributed by atoms with Gasteiger partial charge in [0.05, 0.1) is 23.3 Å². The molecule has 0 radical (unpaired) electrons. The van der Waals surface area contributed by atoms with Crippen LogP contribution in [0.4, 0.5) is 22.9 Å². The second kappa shape index (κ2) is 8.87. The Morgan fingerprint density at radius 2 is 1.86 bits per heavy atom. The maximum Gasteiger partial charge on any atom is 0.221 e. The van der Waals surface area contributed by atoms with Crippen molar-refractivity contribution in [3.8, 4) is 0 Å². The fourth-order valence-corrected chi connectivity index (χ4v) is 5.19. The Labute approximate surface area is 204 Å². The van der Waals surface area contributed by atoms with E-state index in [0.29, 0.717) is 23.2 Å². The molecule has 1 aliphatic heterocycles. The molecule has 2 unspecified atom stereocenters. The molecule has 8 heteroatoms. The minimum atomic E-state index is -0.181. The van der Waals surface area contributed by atoms with Gasteiger partial charge in [-0.1, -0.05) is 30.3 Å². The largest absolute Gasteiger partial charge is 0.398 e. The van der Waals surface area contributed by atoms with Gasteiger partial charge in [-0.15, -0.1) is 0 Å². The third-order valence-electron chi connectivity index (χ3n) is 7.07. The molecule has 0 bridgehead atoms. The first-order valence-electron chi connectivity index (χ1n) is 11.7. The molecule has 3 aromatic rings. The van der Waals surface area contributed by atoms with E-state index in [1.807, 2.05) is 55.5 Å². The number of nitrogens with one attached hydrogen (secondary N) is 2. The van der Waals surface area contributed by atoms with Crippen molar-refractivity contribution in [2.45, 2.75) is 6.92 Å². The van der Waals surface area contributed by atoms with Crippen LogP contribution < -0.4 is 21.7 Å². The van der Waals surface area contributed by atoms with Gasteiger partial charge >= 0.3 is 0 Å². The van der Waals surface area contributed by atoms with Crippen molar-refractivity contribution in [1.29, 1.82) is 5.41 Å². The second-order valence-corrected chi connectivity index (χ2v) is 9.26. The maximum atomic E-state index is 11.4. The van der Waals surface area contributed by atoms with E-state index in [1.165, 1.54) is 0 Å². The quantitative estimate of drug-likeness (QED) is 0.312. The number of carbonyl (C=O) groups is 1. The number of fused-ring (bicyclic) bond motifs is 1. The number of primary amides is 1. The molecule has 35 heavy (non-hydrogen) atoms. The van der Waals surface area contributed by atoms with E-state index in [-0.39, 0.29) is 11.8 Å². The average Bonchev–Trinajstić information content (AvgIpc) is 3.36. The average molecular weight is 468 g/mol. The van der Waals surface area contributed by atoms with E-state index in [2.05, 4.69) is 20.2 Å². The van der Waals surface area contributed by atoms with Crippen LogP contribution in [0, 0.1) is 30.1 Å². The molecule has 0 spiro atoms. The van der Waals surface area contributed by atoms with Gasteiger partial charge in [-0.2, -0.15) is 0 Å². The van der Waals surface area contributed by atoms with Crippen LogP contribution >= 0.6 is 0 Å². The maximum absolute atomic E-state index is 11.4. The van der Waals surface area contributed by atoms with Crippen molar-refractivity contribution in [2.75, 3.05) is 36.1 Å². The standard InChI is InChI=1S/C27H29N7O/c1-15-5-3-7-18(25(29)17-6-4-8-22(28)19(17)12-31-2)26(15)33-16-9-10-23(32-11-16)34-13-20-21(14-34)24(20)27(30)35/h3-12,20-21,24,29,33H,13-14,28H2,1-2H3,(H2,30,35). The summed E-state index contributed by atoms with van der Waals surface area (Å²) in [6.07, 6.45) is 3.50. The van der Waals surface area contributed by atoms with Gasteiger partial charge in [0.15, 0.2) is 0 Å². The topological polar surface area (TPSA) is 133 Å². The van der Waals surface area contributed by atoms with Gasteiger partial charge in [-0.3, -0.25) is 15.2 Å². The van der Waals surface area contributed by atoms with Crippen LogP contribution in [0.2, 0.25) is 0 Å². The molecule has 1 amide bonds. The lowest BCUT2D eigenvalue weighted by atomic mass is 9.94. The van der Waals surface area contributed by atoms with E-state index in [1.54, 1.807) is 19.5 Å². The highest BCUT2D eigenvalue weighted by molar-refractivity contribution is 6.18. The zero-order valence-corrected chi connectivity index (χ0v) is 19.8. The number of para-hydroxylation sites is 1. The third-order valence-corrected chi connectivity index (χ3v) is 7.07. The predicted molar refractivity (Wildman–Crippen MR) is 141 cm³/mol. The van der Waals surface area contributed by atoms with Gasteiger partial charge in [0.2, 0.25) is 5.91 Å². The van der Waals surface area contributed by atoms with Crippen LogP contribution in [0.15, 0.2) is 59.7 Å². The zero-order chi connectivity index (χ0) is 24.7. The van der Waals surface area contributed by atoms with Gasteiger partial charge < -0.3 is 21.7 Å². The van der Waals surface area contributed by atoms with E-state index >= 15 is 0 Å². The molecule has 1 aliphatic carbocycles.